The minimum absolute atomic E-state index is 0.0242. The van der Waals surface area contributed by atoms with Crippen molar-refractivity contribution in [1.29, 1.82) is 0 Å². The van der Waals surface area contributed by atoms with Gasteiger partial charge in [-0.1, -0.05) is 31.0 Å². The monoisotopic (exact) mass is 355 g/mol. The van der Waals surface area contributed by atoms with Gasteiger partial charge in [0.1, 0.15) is 0 Å². The highest BCUT2D eigenvalue weighted by molar-refractivity contribution is 6.15. The van der Waals surface area contributed by atoms with Gasteiger partial charge in [0.25, 0.3) is 0 Å². The van der Waals surface area contributed by atoms with Crippen LogP contribution in [0.5, 0.6) is 0 Å². The summed E-state index contributed by atoms with van der Waals surface area (Å²) in [6.07, 6.45) is 3.62. The van der Waals surface area contributed by atoms with E-state index in [1.54, 1.807) is 6.92 Å². The van der Waals surface area contributed by atoms with Crippen LogP contribution in [0.2, 0.25) is 0 Å². The Kier molecular flexibility index (Phi) is 3.06. The molecule has 1 aromatic carbocycles. The minimum Gasteiger partial charge on any atom is -0.463 e. The average Bonchev–Trinajstić information content (AvgIpc) is 3.19. The summed E-state index contributed by atoms with van der Waals surface area (Å²) >= 11 is 0. The average molecular weight is 355 g/mol. The van der Waals surface area contributed by atoms with Gasteiger partial charge in [-0.05, 0) is 38.3 Å². The molecule has 0 radical (unpaired) electrons. The van der Waals surface area contributed by atoms with Crippen LogP contribution >= 0.6 is 0 Å². The molecule has 0 unspecified atom stereocenters. The number of hydrogen-bond acceptors (Lipinski definition) is 5. The normalized spacial score (nSPS) is 42.4. The SMILES string of the molecule is CCOC(=O)[C@@]12O[C@]3(CCCC[C@@]3(C)C1=O)[C@@H]1c3ccccc3N(C)[C@@H]12. The lowest BCUT2D eigenvalue weighted by atomic mass is 9.51. The number of rotatable bonds is 2. The van der Waals surface area contributed by atoms with Gasteiger partial charge in [0.15, 0.2) is 5.78 Å². The van der Waals surface area contributed by atoms with E-state index < -0.39 is 22.6 Å². The third-order valence-corrected chi connectivity index (χ3v) is 7.47. The molecule has 1 saturated carbocycles. The van der Waals surface area contributed by atoms with E-state index in [1.807, 2.05) is 26.1 Å². The molecule has 5 atom stereocenters. The van der Waals surface area contributed by atoms with Crippen LogP contribution in [-0.4, -0.2) is 42.7 Å². The van der Waals surface area contributed by atoms with E-state index in [2.05, 4.69) is 17.0 Å². The summed E-state index contributed by atoms with van der Waals surface area (Å²) in [5.41, 5.74) is -0.445. The number of nitrogens with zero attached hydrogens (tertiary/aromatic N) is 1. The molecule has 0 N–H and O–H groups in total. The lowest BCUT2D eigenvalue weighted by Crippen LogP contribution is -2.65. The van der Waals surface area contributed by atoms with Crippen LogP contribution in [0.3, 0.4) is 0 Å². The zero-order chi connectivity index (χ0) is 18.3. The second-order valence-corrected chi connectivity index (χ2v) is 8.41. The molecular weight excluding hydrogens is 330 g/mol. The zero-order valence-corrected chi connectivity index (χ0v) is 15.6. The van der Waals surface area contributed by atoms with Crippen LogP contribution in [0.25, 0.3) is 0 Å². The molecule has 1 aromatic rings. The number of carbonyl (C=O) groups is 2. The second kappa shape index (κ2) is 4.89. The summed E-state index contributed by atoms with van der Waals surface area (Å²) in [7, 11) is 1.97. The van der Waals surface area contributed by atoms with Crippen molar-refractivity contribution in [3.63, 3.8) is 0 Å². The maximum absolute atomic E-state index is 13.7. The topological polar surface area (TPSA) is 55.8 Å². The third-order valence-electron chi connectivity index (χ3n) is 7.47. The highest BCUT2D eigenvalue weighted by atomic mass is 16.6. The van der Waals surface area contributed by atoms with Gasteiger partial charge in [-0.15, -0.1) is 0 Å². The minimum atomic E-state index is -1.51. The number of Topliss-reactive ketones (excluding diaryl/α,β-unsaturated/α-hetero) is 1. The van der Waals surface area contributed by atoms with E-state index in [-0.39, 0.29) is 24.3 Å². The Hall–Kier alpha value is -1.88. The van der Waals surface area contributed by atoms with Crippen LogP contribution in [0.4, 0.5) is 5.69 Å². The fraction of sp³-hybridized carbons (Fsp3) is 0.619. The van der Waals surface area contributed by atoms with E-state index in [9.17, 15) is 9.59 Å². The molecule has 26 heavy (non-hydrogen) atoms. The highest BCUT2D eigenvalue weighted by Crippen LogP contribution is 2.72. The Morgan fingerprint density at radius 1 is 1.31 bits per heavy atom. The van der Waals surface area contributed by atoms with Crippen molar-refractivity contribution in [2.24, 2.45) is 5.41 Å². The van der Waals surface area contributed by atoms with Gasteiger partial charge >= 0.3 is 5.97 Å². The molecule has 0 aromatic heterocycles. The van der Waals surface area contributed by atoms with E-state index >= 15 is 0 Å². The van der Waals surface area contributed by atoms with Crippen molar-refractivity contribution in [1.82, 2.24) is 0 Å². The van der Waals surface area contributed by atoms with Crippen molar-refractivity contribution in [2.75, 3.05) is 18.6 Å². The summed E-state index contributed by atoms with van der Waals surface area (Å²) in [6, 6.07) is 7.94. The predicted octanol–water partition coefficient (Wildman–Crippen LogP) is 2.82. The van der Waals surface area contributed by atoms with E-state index in [0.717, 1.165) is 31.4 Å². The van der Waals surface area contributed by atoms with Crippen molar-refractivity contribution >= 4 is 17.4 Å². The van der Waals surface area contributed by atoms with Crippen LogP contribution in [-0.2, 0) is 19.1 Å². The fourth-order valence-electron chi connectivity index (χ4n) is 6.45. The first-order chi connectivity index (χ1) is 12.4. The first kappa shape index (κ1) is 16.3. The van der Waals surface area contributed by atoms with E-state index in [0.29, 0.717) is 0 Å². The van der Waals surface area contributed by atoms with Gasteiger partial charge in [0.05, 0.1) is 23.7 Å². The van der Waals surface area contributed by atoms with Crippen LogP contribution < -0.4 is 4.90 Å². The molecule has 0 amide bonds. The second-order valence-electron chi connectivity index (χ2n) is 8.41. The molecule has 1 spiro atoms. The van der Waals surface area contributed by atoms with Crippen molar-refractivity contribution < 1.29 is 19.1 Å². The Bertz CT molecular complexity index is 822. The fourth-order valence-corrected chi connectivity index (χ4v) is 6.45. The standard InChI is InChI=1S/C21H25NO4/c1-4-25-18(24)21-16-15(13-9-5-6-10-14(13)22(16)3)20(26-21)12-8-7-11-19(20,2)17(21)23/h5-6,9-10,15-16H,4,7-8,11-12H2,1-3H3/t15-,16+,19+,20-,21+/m1/s1. The summed E-state index contributed by atoms with van der Waals surface area (Å²) in [5.74, 6) is -0.549. The first-order valence-corrected chi connectivity index (χ1v) is 9.68. The summed E-state index contributed by atoms with van der Waals surface area (Å²) in [6.45, 7) is 4.04. The maximum Gasteiger partial charge on any atom is 0.348 e. The van der Waals surface area contributed by atoms with Crippen LogP contribution in [0.15, 0.2) is 24.3 Å². The number of ether oxygens (including phenoxy) is 2. The molecule has 4 aliphatic rings. The smallest absolute Gasteiger partial charge is 0.348 e. The molecule has 5 rings (SSSR count). The molecule has 2 bridgehead atoms. The predicted molar refractivity (Wildman–Crippen MR) is 96.1 cm³/mol. The largest absolute Gasteiger partial charge is 0.463 e. The molecule has 5 heteroatoms. The zero-order valence-electron chi connectivity index (χ0n) is 15.6. The number of likely N-dealkylation sites (N-methyl/N-ethyl adjacent to an activating group) is 1. The number of esters is 1. The van der Waals surface area contributed by atoms with Gasteiger partial charge in [-0.25, -0.2) is 4.79 Å². The molecule has 5 nitrogen and oxygen atoms in total. The number of para-hydroxylation sites is 1. The quantitative estimate of drug-likeness (QED) is 0.603. The molecular formula is C21H25NO4. The number of ketones is 1. The Morgan fingerprint density at radius 2 is 2.04 bits per heavy atom. The number of carbonyl (C=O) groups excluding carboxylic acids is 2. The molecule has 138 valence electrons. The van der Waals surface area contributed by atoms with Crippen LogP contribution in [0, 0.1) is 5.41 Å². The van der Waals surface area contributed by atoms with Crippen molar-refractivity contribution in [2.45, 2.75) is 62.7 Å². The molecule has 3 fully saturated rings. The van der Waals surface area contributed by atoms with Gasteiger partial charge in [0.2, 0.25) is 5.60 Å². The Morgan fingerprint density at radius 3 is 2.81 bits per heavy atom. The van der Waals surface area contributed by atoms with E-state index in [4.69, 9.17) is 9.47 Å². The number of anilines is 1. The van der Waals surface area contributed by atoms with Gasteiger partial charge in [0, 0.05) is 18.7 Å². The number of hydrogen-bond donors (Lipinski definition) is 0. The molecule has 1 aliphatic carbocycles. The Labute approximate surface area is 153 Å². The lowest BCUT2D eigenvalue weighted by Gasteiger charge is -2.49. The van der Waals surface area contributed by atoms with Gasteiger partial charge in [-0.2, -0.15) is 0 Å². The van der Waals surface area contributed by atoms with E-state index in [1.165, 1.54) is 5.56 Å². The molecule has 3 heterocycles. The molecule has 3 aliphatic heterocycles. The lowest BCUT2D eigenvalue weighted by molar-refractivity contribution is -0.173. The van der Waals surface area contributed by atoms with Gasteiger partial charge in [-0.3, -0.25) is 4.79 Å². The van der Waals surface area contributed by atoms with Crippen molar-refractivity contribution in [3.05, 3.63) is 29.8 Å². The number of fused-ring (bicyclic) bond motifs is 5. The maximum atomic E-state index is 13.7. The van der Waals surface area contributed by atoms with Gasteiger partial charge < -0.3 is 14.4 Å². The summed E-state index contributed by atoms with van der Waals surface area (Å²) < 4.78 is 12.0. The number of benzene rings is 1. The third kappa shape index (κ3) is 1.46. The Balaban J connectivity index is 1.78. The first-order valence-electron chi connectivity index (χ1n) is 9.68. The highest BCUT2D eigenvalue weighted by Gasteiger charge is 2.85. The summed E-state index contributed by atoms with van der Waals surface area (Å²) in [4.78, 5) is 29.0. The van der Waals surface area contributed by atoms with Crippen LogP contribution in [0.1, 0.15) is 51.0 Å². The molecule has 2 saturated heterocycles. The van der Waals surface area contributed by atoms with Crippen molar-refractivity contribution in [3.8, 4) is 0 Å². The summed E-state index contributed by atoms with van der Waals surface area (Å²) in [5, 5.41) is 0.